The number of hydrogen-bond donors (Lipinski definition) is 2. The number of aromatic nitrogens is 3. The first-order valence-corrected chi connectivity index (χ1v) is 6.33. The second kappa shape index (κ2) is 5.94. The molecule has 7 heteroatoms. The minimum Gasteiger partial charge on any atom is -0.383 e. The summed E-state index contributed by atoms with van der Waals surface area (Å²) in [7, 11) is 1.59. The SMILES string of the molecule is COCCNC(=O)Cn1c(=S)[nH]c2cc(C)cnc21. The zero-order valence-electron chi connectivity index (χ0n) is 10.9. The third kappa shape index (κ3) is 3.18. The molecule has 0 fully saturated rings. The van der Waals surface area contributed by atoms with Crippen molar-refractivity contribution < 1.29 is 9.53 Å². The van der Waals surface area contributed by atoms with Crippen LogP contribution in [0.15, 0.2) is 12.3 Å². The number of imidazole rings is 1. The number of H-pyrrole nitrogens is 1. The Bertz CT molecular complexity index is 647. The van der Waals surface area contributed by atoms with Gasteiger partial charge >= 0.3 is 0 Å². The summed E-state index contributed by atoms with van der Waals surface area (Å²) in [6, 6.07) is 1.96. The molecule has 2 rings (SSSR count). The van der Waals surface area contributed by atoms with Gasteiger partial charge in [0.25, 0.3) is 0 Å². The maximum atomic E-state index is 11.8. The first kappa shape index (κ1) is 13.7. The fourth-order valence-corrected chi connectivity index (χ4v) is 2.05. The maximum Gasteiger partial charge on any atom is 0.240 e. The van der Waals surface area contributed by atoms with Crippen molar-refractivity contribution in [1.29, 1.82) is 0 Å². The van der Waals surface area contributed by atoms with E-state index >= 15 is 0 Å². The molecule has 2 N–H and O–H groups in total. The summed E-state index contributed by atoms with van der Waals surface area (Å²) in [4.78, 5) is 19.1. The predicted octanol–water partition coefficient (Wildman–Crippen LogP) is 1.16. The number of rotatable bonds is 5. The lowest BCUT2D eigenvalue weighted by atomic mass is 10.3. The van der Waals surface area contributed by atoms with Gasteiger partial charge < -0.3 is 15.0 Å². The highest BCUT2D eigenvalue weighted by atomic mass is 32.1. The summed E-state index contributed by atoms with van der Waals surface area (Å²) in [5.74, 6) is -0.114. The van der Waals surface area contributed by atoms with Crippen molar-refractivity contribution in [2.45, 2.75) is 13.5 Å². The molecular formula is C12H16N4O2S. The van der Waals surface area contributed by atoms with Crippen LogP contribution in [0.3, 0.4) is 0 Å². The van der Waals surface area contributed by atoms with Crippen LogP contribution in [-0.2, 0) is 16.1 Å². The number of pyridine rings is 1. The van der Waals surface area contributed by atoms with E-state index in [9.17, 15) is 4.79 Å². The van der Waals surface area contributed by atoms with Crippen molar-refractivity contribution in [2.24, 2.45) is 0 Å². The van der Waals surface area contributed by atoms with Gasteiger partial charge in [-0.15, -0.1) is 0 Å². The first-order valence-electron chi connectivity index (χ1n) is 5.92. The lowest BCUT2D eigenvalue weighted by Gasteiger charge is -2.05. The van der Waals surface area contributed by atoms with E-state index in [0.29, 0.717) is 23.6 Å². The maximum absolute atomic E-state index is 11.8. The predicted molar refractivity (Wildman–Crippen MR) is 74.5 cm³/mol. The van der Waals surface area contributed by atoms with Crippen LogP contribution in [0.4, 0.5) is 0 Å². The number of carbonyl (C=O) groups is 1. The molecule has 2 heterocycles. The highest BCUT2D eigenvalue weighted by Crippen LogP contribution is 2.12. The van der Waals surface area contributed by atoms with Crippen LogP contribution in [0, 0.1) is 11.7 Å². The van der Waals surface area contributed by atoms with E-state index in [2.05, 4.69) is 15.3 Å². The number of fused-ring (bicyclic) bond motifs is 1. The number of nitrogens with one attached hydrogen (secondary N) is 2. The minimum atomic E-state index is -0.114. The van der Waals surface area contributed by atoms with E-state index in [-0.39, 0.29) is 12.5 Å². The standard InChI is InChI=1S/C12H16N4O2S/c1-8-5-9-11(14-6-8)16(12(19)15-9)7-10(17)13-3-4-18-2/h5-6H,3-4,7H2,1-2H3,(H,13,17)(H,15,19). The lowest BCUT2D eigenvalue weighted by molar-refractivity contribution is -0.121. The highest BCUT2D eigenvalue weighted by Gasteiger charge is 2.09. The van der Waals surface area contributed by atoms with Gasteiger partial charge in [-0.1, -0.05) is 0 Å². The van der Waals surface area contributed by atoms with Crippen molar-refractivity contribution in [3.63, 3.8) is 0 Å². The summed E-state index contributed by atoms with van der Waals surface area (Å²) < 4.78 is 7.06. The Morgan fingerprint density at radius 2 is 2.42 bits per heavy atom. The molecule has 0 aliphatic heterocycles. The van der Waals surface area contributed by atoms with Gasteiger partial charge in [-0.05, 0) is 30.8 Å². The Morgan fingerprint density at radius 1 is 1.63 bits per heavy atom. The molecule has 0 radical (unpaired) electrons. The third-order valence-electron chi connectivity index (χ3n) is 2.68. The summed E-state index contributed by atoms with van der Waals surface area (Å²) in [5.41, 5.74) is 2.58. The number of hydrogen-bond acceptors (Lipinski definition) is 4. The summed E-state index contributed by atoms with van der Waals surface area (Å²) in [6.07, 6.45) is 1.75. The zero-order valence-corrected chi connectivity index (χ0v) is 11.7. The zero-order chi connectivity index (χ0) is 13.8. The number of carbonyl (C=O) groups excluding carboxylic acids is 1. The number of nitrogens with zero attached hydrogens (tertiary/aromatic N) is 2. The van der Waals surface area contributed by atoms with Crippen LogP contribution in [0.25, 0.3) is 11.2 Å². The Morgan fingerprint density at radius 3 is 3.16 bits per heavy atom. The van der Waals surface area contributed by atoms with Crippen molar-refractivity contribution in [3.05, 3.63) is 22.6 Å². The molecule has 1 amide bonds. The average molecular weight is 280 g/mol. The van der Waals surface area contributed by atoms with Gasteiger partial charge in [-0.2, -0.15) is 0 Å². The lowest BCUT2D eigenvalue weighted by Crippen LogP contribution is -2.30. The van der Waals surface area contributed by atoms with E-state index in [0.717, 1.165) is 11.1 Å². The largest absolute Gasteiger partial charge is 0.383 e. The van der Waals surface area contributed by atoms with Gasteiger partial charge in [0.1, 0.15) is 6.54 Å². The Labute approximate surface area is 115 Å². The number of methoxy groups -OCH3 is 1. The Balaban J connectivity index is 2.18. The monoisotopic (exact) mass is 280 g/mol. The molecule has 0 aliphatic carbocycles. The van der Waals surface area contributed by atoms with Gasteiger partial charge in [0.2, 0.25) is 5.91 Å². The summed E-state index contributed by atoms with van der Waals surface area (Å²) in [5, 5.41) is 2.75. The van der Waals surface area contributed by atoms with E-state index in [1.807, 2.05) is 13.0 Å². The molecule has 2 aromatic rings. The van der Waals surface area contributed by atoms with E-state index in [4.69, 9.17) is 17.0 Å². The molecule has 0 bridgehead atoms. The Hall–Kier alpha value is -1.73. The average Bonchev–Trinajstić information content (AvgIpc) is 2.65. The van der Waals surface area contributed by atoms with E-state index < -0.39 is 0 Å². The summed E-state index contributed by atoms with van der Waals surface area (Å²) in [6.45, 7) is 3.08. The second-order valence-electron chi connectivity index (χ2n) is 4.24. The van der Waals surface area contributed by atoms with Crippen molar-refractivity contribution in [3.8, 4) is 0 Å². The molecule has 0 unspecified atom stereocenters. The number of ether oxygens (including phenoxy) is 1. The molecule has 102 valence electrons. The summed E-state index contributed by atoms with van der Waals surface area (Å²) >= 11 is 5.21. The molecule has 0 saturated carbocycles. The minimum absolute atomic E-state index is 0.114. The molecule has 0 spiro atoms. The van der Waals surface area contributed by atoms with Crippen LogP contribution in [0.5, 0.6) is 0 Å². The normalized spacial score (nSPS) is 10.8. The molecule has 19 heavy (non-hydrogen) atoms. The fraction of sp³-hybridized carbons (Fsp3) is 0.417. The van der Waals surface area contributed by atoms with Crippen LogP contribution >= 0.6 is 12.2 Å². The van der Waals surface area contributed by atoms with E-state index in [1.165, 1.54) is 0 Å². The molecule has 6 nitrogen and oxygen atoms in total. The van der Waals surface area contributed by atoms with Gasteiger partial charge in [-0.3, -0.25) is 9.36 Å². The van der Waals surface area contributed by atoms with Gasteiger partial charge in [-0.25, -0.2) is 4.98 Å². The molecule has 2 aromatic heterocycles. The molecule has 0 atom stereocenters. The molecule has 0 aromatic carbocycles. The smallest absolute Gasteiger partial charge is 0.240 e. The highest BCUT2D eigenvalue weighted by molar-refractivity contribution is 7.71. The first-order chi connectivity index (χ1) is 9.11. The third-order valence-corrected chi connectivity index (χ3v) is 3.00. The Kier molecular flexibility index (Phi) is 4.28. The van der Waals surface area contributed by atoms with Crippen molar-refractivity contribution in [2.75, 3.05) is 20.3 Å². The number of aryl methyl sites for hydroxylation is 1. The van der Waals surface area contributed by atoms with Crippen molar-refractivity contribution >= 4 is 29.3 Å². The number of aromatic amines is 1. The van der Waals surface area contributed by atoms with Gasteiger partial charge in [0, 0.05) is 19.9 Å². The topological polar surface area (TPSA) is 71.9 Å². The number of amides is 1. The quantitative estimate of drug-likeness (QED) is 0.637. The van der Waals surface area contributed by atoms with Crippen LogP contribution < -0.4 is 5.32 Å². The molecule has 0 aliphatic rings. The van der Waals surface area contributed by atoms with Gasteiger partial charge in [0.15, 0.2) is 10.4 Å². The van der Waals surface area contributed by atoms with Gasteiger partial charge in [0.05, 0.1) is 12.1 Å². The molecular weight excluding hydrogens is 264 g/mol. The van der Waals surface area contributed by atoms with E-state index in [1.54, 1.807) is 17.9 Å². The van der Waals surface area contributed by atoms with Crippen LogP contribution in [0.2, 0.25) is 0 Å². The molecule has 0 saturated heterocycles. The van der Waals surface area contributed by atoms with Crippen molar-refractivity contribution in [1.82, 2.24) is 19.9 Å². The fourth-order valence-electron chi connectivity index (χ4n) is 1.79. The van der Waals surface area contributed by atoms with Crippen LogP contribution in [0.1, 0.15) is 5.56 Å². The van der Waals surface area contributed by atoms with Crippen LogP contribution in [-0.4, -0.2) is 40.7 Å². The second-order valence-corrected chi connectivity index (χ2v) is 4.63.